The highest BCUT2D eigenvalue weighted by Gasteiger charge is 2.17. The number of thiocarbonyl (C=S) groups is 1. The first-order valence-corrected chi connectivity index (χ1v) is 6.09. The van der Waals surface area contributed by atoms with Crippen LogP contribution in [-0.4, -0.2) is 42.9 Å². The van der Waals surface area contributed by atoms with Crippen molar-refractivity contribution in [2.24, 2.45) is 5.92 Å². The van der Waals surface area contributed by atoms with E-state index in [9.17, 15) is 0 Å². The van der Waals surface area contributed by atoms with Gasteiger partial charge in [-0.1, -0.05) is 0 Å². The summed E-state index contributed by atoms with van der Waals surface area (Å²) in [4.78, 5) is 2.12. The molecule has 1 atom stereocenters. The van der Waals surface area contributed by atoms with Crippen molar-refractivity contribution < 1.29 is 4.74 Å². The first kappa shape index (κ1) is 12.7. The van der Waals surface area contributed by atoms with Crippen LogP contribution in [0.25, 0.3) is 0 Å². The molecule has 1 aliphatic heterocycles. The van der Waals surface area contributed by atoms with E-state index in [0.29, 0.717) is 12.0 Å². The molecule has 1 N–H and O–H groups in total. The standard InChI is InChI=1S/C11H22N2OS/c1-9(2)12-11(15)13(3)7-10-5-4-6-14-8-10/h9-10H,4-8H2,1-3H3,(H,12,15). The van der Waals surface area contributed by atoms with Gasteiger partial charge in [0, 0.05) is 26.2 Å². The van der Waals surface area contributed by atoms with Crippen LogP contribution in [0.2, 0.25) is 0 Å². The van der Waals surface area contributed by atoms with E-state index in [-0.39, 0.29) is 0 Å². The molecule has 1 heterocycles. The van der Waals surface area contributed by atoms with Crippen molar-refractivity contribution in [1.29, 1.82) is 0 Å². The van der Waals surface area contributed by atoms with E-state index in [2.05, 4.69) is 24.1 Å². The molecule has 4 heteroatoms. The highest BCUT2D eigenvalue weighted by Crippen LogP contribution is 2.14. The Kier molecular flexibility index (Phi) is 5.32. The molecule has 0 aliphatic carbocycles. The van der Waals surface area contributed by atoms with Gasteiger partial charge in [-0.3, -0.25) is 0 Å². The van der Waals surface area contributed by atoms with Crippen molar-refractivity contribution in [2.45, 2.75) is 32.7 Å². The third-order valence-electron chi connectivity index (χ3n) is 2.55. The van der Waals surface area contributed by atoms with Gasteiger partial charge in [-0.2, -0.15) is 0 Å². The minimum Gasteiger partial charge on any atom is -0.381 e. The fraction of sp³-hybridized carbons (Fsp3) is 0.909. The molecule has 0 aromatic rings. The number of rotatable bonds is 3. The zero-order valence-corrected chi connectivity index (χ0v) is 10.8. The van der Waals surface area contributed by atoms with Gasteiger partial charge in [-0.25, -0.2) is 0 Å². The molecule has 0 aromatic carbocycles. The molecule has 0 bridgehead atoms. The van der Waals surface area contributed by atoms with Crippen LogP contribution in [0.1, 0.15) is 26.7 Å². The summed E-state index contributed by atoms with van der Waals surface area (Å²) in [5, 5.41) is 4.09. The van der Waals surface area contributed by atoms with Crippen molar-refractivity contribution in [1.82, 2.24) is 10.2 Å². The largest absolute Gasteiger partial charge is 0.381 e. The van der Waals surface area contributed by atoms with E-state index in [0.717, 1.165) is 24.9 Å². The minimum absolute atomic E-state index is 0.405. The van der Waals surface area contributed by atoms with Crippen LogP contribution in [0.5, 0.6) is 0 Å². The van der Waals surface area contributed by atoms with Gasteiger partial charge in [0.15, 0.2) is 5.11 Å². The van der Waals surface area contributed by atoms with Gasteiger partial charge in [-0.15, -0.1) is 0 Å². The SMILES string of the molecule is CC(C)NC(=S)N(C)CC1CCCOC1. The molecule has 0 spiro atoms. The molecule has 1 fully saturated rings. The molecule has 3 nitrogen and oxygen atoms in total. The van der Waals surface area contributed by atoms with E-state index in [4.69, 9.17) is 17.0 Å². The monoisotopic (exact) mass is 230 g/mol. The third kappa shape index (κ3) is 4.80. The first-order chi connectivity index (χ1) is 7.09. The van der Waals surface area contributed by atoms with Crippen molar-refractivity contribution in [3.63, 3.8) is 0 Å². The lowest BCUT2D eigenvalue weighted by Gasteiger charge is -2.29. The Labute approximate surface area is 98.2 Å². The van der Waals surface area contributed by atoms with Gasteiger partial charge in [0.2, 0.25) is 0 Å². The number of hydrogen-bond acceptors (Lipinski definition) is 2. The van der Waals surface area contributed by atoms with Gasteiger partial charge in [0.25, 0.3) is 0 Å². The minimum atomic E-state index is 0.405. The Morgan fingerprint density at radius 3 is 2.87 bits per heavy atom. The quantitative estimate of drug-likeness (QED) is 0.745. The van der Waals surface area contributed by atoms with Crippen LogP contribution in [-0.2, 0) is 4.74 Å². The molecule has 1 saturated heterocycles. The maximum Gasteiger partial charge on any atom is 0.168 e. The average molecular weight is 230 g/mol. The second-order valence-electron chi connectivity index (χ2n) is 4.57. The zero-order valence-electron chi connectivity index (χ0n) is 9.95. The predicted molar refractivity (Wildman–Crippen MR) is 67.0 cm³/mol. The molecule has 15 heavy (non-hydrogen) atoms. The summed E-state index contributed by atoms with van der Waals surface area (Å²) in [7, 11) is 2.05. The second kappa shape index (κ2) is 6.28. The lowest BCUT2D eigenvalue weighted by molar-refractivity contribution is 0.0484. The summed E-state index contributed by atoms with van der Waals surface area (Å²) in [5.74, 6) is 0.635. The Hall–Kier alpha value is -0.350. The lowest BCUT2D eigenvalue weighted by atomic mass is 10.0. The number of ether oxygens (including phenoxy) is 1. The summed E-state index contributed by atoms with van der Waals surface area (Å²) in [6.07, 6.45) is 2.44. The van der Waals surface area contributed by atoms with E-state index < -0.39 is 0 Å². The average Bonchev–Trinajstić information content (AvgIpc) is 2.18. The van der Waals surface area contributed by atoms with Gasteiger partial charge >= 0.3 is 0 Å². The molecule has 88 valence electrons. The van der Waals surface area contributed by atoms with E-state index in [1.807, 2.05) is 7.05 Å². The van der Waals surface area contributed by atoms with Crippen molar-refractivity contribution >= 4 is 17.3 Å². The molecule has 1 unspecified atom stereocenters. The van der Waals surface area contributed by atoms with Gasteiger partial charge in [0.05, 0.1) is 6.61 Å². The van der Waals surface area contributed by atoms with Crippen LogP contribution in [0.3, 0.4) is 0 Å². The summed E-state index contributed by atoms with van der Waals surface area (Å²) in [6.45, 7) is 7.01. The Morgan fingerprint density at radius 2 is 2.33 bits per heavy atom. The Morgan fingerprint density at radius 1 is 1.60 bits per heavy atom. The fourth-order valence-corrected chi connectivity index (χ4v) is 2.09. The molecule has 1 aliphatic rings. The first-order valence-electron chi connectivity index (χ1n) is 5.69. The van der Waals surface area contributed by atoms with E-state index in [1.54, 1.807) is 0 Å². The normalized spacial score (nSPS) is 21.5. The number of nitrogens with one attached hydrogen (secondary N) is 1. The summed E-state index contributed by atoms with van der Waals surface area (Å²) < 4.78 is 5.45. The van der Waals surface area contributed by atoms with Crippen molar-refractivity contribution in [3.05, 3.63) is 0 Å². The summed E-state index contributed by atoms with van der Waals surface area (Å²) in [5.41, 5.74) is 0. The van der Waals surface area contributed by atoms with Crippen molar-refractivity contribution in [3.8, 4) is 0 Å². The Balaban J connectivity index is 2.26. The molecular formula is C11H22N2OS. The number of nitrogens with zero attached hydrogens (tertiary/aromatic N) is 1. The summed E-state index contributed by atoms with van der Waals surface area (Å²) in [6, 6.07) is 0.405. The fourth-order valence-electron chi connectivity index (χ4n) is 1.78. The van der Waals surface area contributed by atoms with Crippen LogP contribution in [0.15, 0.2) is 0 Å². The third-order valence-corrected chi connectivity index (χ3v) is 2.98. The van der Waals surface area contributed by atoms with Crippen molar-refractivity contribution in [2.75, 3.05) is 26.8 Å². The molecule has 0 aromatic heterocycles. The summed E-state index contributed by atoms with van der Waals surface area (Å²) >= 11 is 5.30. The Bertz CT molecular complexity index is 203. The van der Waals surface area contributed by atoms with Gasteiger partial charge < -0.3 is 15.0 Å². The highest BCUT2D eigenvalue weighted by molar-refractivity contribution is 7.80. The topological polar surface area (TPSA) is 24.5 Å². The van der Waals surface area contributed by atoms with E-state index >= 15 is 0 Å². The van der Waals surface area contributed by atoms with Crippen LogP contribution in [0, 0.1) is 5.92 Å². The molecule has 0 radical (unpaired) electrons. The van der Waals surface area contributed by atoms with Crippen LogP contribution >= 0.6 is 12.2 Å². The van der Waals surface area contributed by atoms with E-state index in [1.165, 1.54) is 12.8 Å². The number of hydrogen-bond donors (Lipinski definition) is 1. The van der Waals surface area contributed by atoms with Gasteiger partial charge in [0.1, 0.15) is 0 Å². The zero-order chi connectivity index (χ0) is 11.3. The maximum atomic E-state index is 5.45. The van der Waals surface area contributed by atoms with Gasteiger partial charge in [-0.05, 0) is 44.8 Å². The predicted octanol–water partition coefficient (Wildman–Crippen LogP) is 1.63. The van der Waals surface area contributed by atoms with Crippen LogP contribution in [0.4, 0.5) is 0 Å². The molecule has 1 rings (SSSR count). The maximum absolute atomic E-state index is 5.45. The second-order valence-corrected chi connectivity index (χ2v) is 4.95. The molecule has 0 amide bonds. The molecule has 0 saturated carbocycles. The smallest absolute Gasteiger partial charge is 0.168 e. The van der Waals surface area contributed by atoms with Crippen LogP contribution < -0.4 is 5.32 Å². The molecular weight excluding hydrogens is 208 g/mol. The lowest BCUT2D eigenvalue weighted by Crippen LogP contribution is -2.43. The highest BCUT2D eigenvalue weighted by atomic mass is 32.1.